The molecule has 0 bridgehead atoms. The molecule has 0 radical (unpaired) electrons. The Morgan fingerprint density at radius 1 is 1.36 bits per heavy atom. The van der Waals surface area contributed by atoms with Crippen LogP contribution in [0.1, 0.15) is 24.2 Å². The first kappa shape index (κ1) is 14.2. The number of hydrogen-bond donors (Lipinski definition) is 1. The maximum absolute atomic E-state index is 14.1. The van der Waals surface area contributed by atoms with E-state index in [1.165, 1.54) is 18.4 Å². The lowest BCUT2D eigenvalue weighted by Crippen LogP contribution is -2.25. The summed E-state index contributed by atoms with van der Waals surface area (Å²) in [5.41, 5.74) is 3.14. The molecule has 118 valence electrons. The second-order valence-electron chi connectivity index (χ2n) is 6.73. The van der Waals surface area contributed by atoms with Crippen molar-refractivity contribution in [2.75, 3.05) is 19.6 Å². The van der Waals surface area contributed by atoms with Gasteiger partial charge in [-0.25, -0.2) is 9.37 Å². The summed E-state index contributed by atoms with van der Waals surface area (Å²) in [5, 5.41) is 0. The van der Waals surface area contributed by atoms with Gasteiger partial charge in [-0.1, -0.05) is 6.07 Å². The minimum atomic E-state index is -0.884. The van der Waals surface area contributed by atoms with Crippen LogP contribution in [0.15, 0.2) is 18.2 Å². The first-order valence-corrected chi connectivity index (χ1v) is 8.10. The second-order valence-corrected chi connectivity index (χ2v) is 6.73. The van der Waals surface area contributed by atoms with Crippen LogP contribution < -0.4 is 0 Å². The van der Waals surface area contributed by atoms with Crippen molar-refractivity contribution >= 4 is 11.0 Å². The molecule has 1 saturated carbocycles. The summed E-state index contributed by atoms with van der Waals surface area (Å²) >= 11 is 0. The summed E-state index contributed by atoms with van der Waals surface area (Å²) in [6.07, 6.45) is 1.40. The van der Waals surface area contributed by atoms with Crippen molar-refractivity contribution < 1.29 is 9.13 Å². The summed E-state index contributed by atoms with van der Waals surface area (Å²) < 4.78 is 19.9. The summed E-state index contributed by atoms with van der Waals surface area (Å²) in [4.78, 5) is 9.96. The van der Waals surface area contributed by atoms with Crippen LogP contribution in [0.25, 0.3) is 11.0 Å². The lowest BCUT2D eigenvalue weighted by atomic mass is 10.2. The zero-order valence-electron chi connectivity index (χ0n) is 12.9. The van der Waals surface area contributed by atoms with E-state index in [0.29, 0.717) is 19.7 Å². The number of alkyl halides is 1. The van der Waals surface area contributed by atoms with Crippen molar-refractivity contribution in [1.82, 2.24) is 14.9 Å². The fourth-order valence-electron chi connectivity index (χ4n) is 3.21. The Balaban J connectivity index is 1.36. The van der Waals surface area contributed by atoms with Crippen LogP contribution in [0.3, 0.4) is 0 Å². The van der Waals surface area contributed by atoms with Crippen LogP contribution in [-0.2, 0) is 11.3 Å². The Morgan fingerprint density at radius 3 is 3.05 bits per heavy atom. The number of benzene rings is 1. The average molecular weight is 303 g/mol. The number of aryl methyl sites for hydroxylation is 1. The van der Waals surface area contributed by atoms with Crippen LogP contribution in [0.4, 0.5) is 4.39 Å². The number of halogens is 1. The van der Waals surface area contributed by atoms with E-state index in [0.717, 1.165) is 29.3 Å². The Bertz CT molecular complexity index is 667. The third-order valence-electron chi connectivity index (χ3n) is 4.61. The van der Waals surface area contributed by atoms with Gasteiger partial charge in [-0.05, 0) is 43.4 Å². The standard InChI is InChI=1S/C17H22FN3O/c1-11-2-5-14-15(6-11)20-17(19-14)10-22-16-9-21(8-13(16)18)7-12-3-4-12/h2,5-6,12-13,16H,3-4,7-10H2,1H3,(H,19,20). The van der Waals surface area contributed by atoms with Crippen molar-refractivity contribution in [2.45, 2.75) is 38.6 Å². The van der Waals surface area contributed by atoms with Crippen LogP contribution >= 0.6 is 0 Å². The maximum Gasteiger partial charge on any atom is 0.140 e. The molecule has 4 nitrogen and oxygen atoms in total. The van der Waals surface area contributed by atoms with Crippen molar-refractivity contribution in [3.63, 3.8) is 0 Å². The predicted octanol–water partition coefficient (Wildman–Crippen LogP) is 2.82. The van der Waals surface area contributed by atoms with E-state index in [4.69, 9.17) is 4.74 Å². The Labute approximate surface area is 129 Å². The minimum absolute atomic E-state index is 0.325. The number of nitrogens with zero attached hydrogens (tertiary/aromatic N) is 2. The van der Waals surface area contributed by atoms with Crippen LogP contribution in [0.5, 0.6) is 0 Å². The van der Waals surface area contributed by atoms with Gasteiger partial charge >= 0.3 is 0 Å². The van der Waals surface area contributed by atoms with E-state index < -0.39 is 6.17 Å². The molecule has 2 unspecified atom stereocenters. The van der Waals surface area contributed by atoms with Crippen molar-refractivity contribution in [3.05, 3.63) is 29.6 Å². The number of ether oxygens (including phenoxy) is 1. The second kappa shape index (κ2) is 5.63. The Kier molecular flexibility index (Phi) is 3.62. The average Bonchev–Trinajstić information content (AvgIpc) is 3.09. The molecule has 0 spiro atoms. The highest BCUT2D eigenvalue weighted by molar-refractivity contribution is 5.75. The van der Waals surface area contributed by atoms with Gasteiger partial charge in [0, 0.05) is 19.6 Å². The highest BCUT2D eigenvalue weighted by Gasteiger charge is 2.36. The van der Waals surface area contributed by atoms with Crippen molar-refractivity contribution in [3.8, 4) is 0 Å². The van der Waals surface area contributed by atoms with Crippen molar-refractivity contribution in [2.24, 2.45) is 5.92 Å². The van der Waals surface area contributed by atoms with Gasteiger partial charge in [0.05, 0.1) is 11.0 Å². The molecule has 1 aromatic heterocycles. The molecule has 0 amide bonds. The molecule has 4 rings (SSSR count). The van der Waals surface area contributed by atoms with Gasteiger partial charge in [0.2, 0.25) is 0 Å². The molecule has 1 N–H and O–H groups in total. The number of H-pyrrole nitrogens is 1. The van der Waals surface area contributed by atoms with Crippen molar-refractivity contribution in [1.29, 1.82) is 0 Å². The highest BCUT2D eigenvalue weighted by Crippen LogP contribution is 2.31. The normalized spacial score (nSPS) is 26.1. The molecule has 5 heteroatoms. The van der Waals surface area contributed by atoms with Crippen LogP contribution in [0, 0.1) is 12.8 Å². The maximum atomic E-state index is 14.1. The molecule has 2 heterocycles. The van der Waals surface area contributed by atoms with E-state index in [1.807, 2.05) is 12.1 Å². The lowest BCUT2D eigenvalue weighted by Gasteiger charge is -2.14. The molecule has 1 aliphatic heterocycles. The number of hydrogen-bond acceptors (Lipinski definition) is 3. The summed E-state index contributed by atoms with van der Waals surface area (Å²) in [6.45, 7) is 4.65. The summed E-state index contributed by atoms with van der Waals surface area (Å²) in [5.74, 6) is 1.57. The first-order valence-electron chi connectivity index (χ1n) is 8.10. The molecule has 2 fully saturated rings. The van der Waals surface area contributed by atoms with Gasteiger partial charge in [-0.2, -0.15) is 0 Å². The molecule has 1 saturated heterocycles. The first-order chi connectivity index (χ1) is 10.7. The van der Waals surface area contributed by atoms with Crippen LogP contribution in [-0.4, -0.2) is 46.8 Å². The quantitative estimate of drug-likeness (QED) is 0.923. The monoisotopic (exact) mass is 303 g/mol. The van der Waals surface area contributed by atoms with E-state index in [-0.39, 0.29) is 6.10 Å². The SMILES string of the molecule is Cc1ccc2nc(COC3CN(CC4CC4)CC3F)[nH]c2c1. The number of rotatable bonds is 5. The number of nitrogens with one attached hydrogen (secondary N) is 1. The largest absolute Gasteiger partial charge is 0.366 e. The zero-order chi connectivity index (χ0) is 15.1. The van der Waals surface area contributed by atoms with Gasteiger partial charge in [0.1, 0.15) is 24.7 Å². The van der Waals surface area contributed by atoms with Gasteiger partial charge < -0.3 is 9.72 Å². The molecular formula is C17H22FN3O. The third-order valence-corrected chi connectivity index (χ3v) is 4.61. The topological polar surface area (TPSA) is 41.1 Å². The minimum Gasteiger partial charge on any atom is -0.366 e. The number of likely N-dealkylation sites (tertiary alicyclic amines) is 1. The molecule has 22 heavy (non-hydrogen) atoms. The van der Waals surface area contributed by atoms with Gasteiger partial charge in [0.25, 0.3) is 0 Å². The Morgan fingerprint density at radius 2 is 2.23 bits per heavy atom. The fourth-order valence-corrected chi connectivity index (χ4v) is 3.21. The predicted molar refractivity (Wildman–Crippen MR) is 83.5 cm³/mol. The molecular weight excluding hydrogens is 281 g/mol. The van der Waals surface area contributed by atoms with Gasteiger partial charge in [-0.15, -0.1) is 0 Å². The van der Waals surface area contributed by atoms with E-state index in [1.54, 1.807) is 0 Å². The molecule has 1 aliphatic carbocycles. The van der Waals surface area contributed by atoms with Crippen LogP contribution in [0.2, 0.25) is 0 Å². The molecule has 1 aromatic carbocycles. The highest BCUT2D eigenvalue weighted by atomic mass is 19.1. The van der Waals surface area contributed by atoms with E-state index in [9.17, 15) is 4.39 Å². The molecule has 2 aliphatic rings. The zero-order valence-corrected chi connectivity index (χ0v) is 12.9. The van der Waals surface area contributed by atoms with Gasteiger partial charge in [-0.3, -0.25) is 4.90 Å². The summed E-state index contributed by atoms with van der Waals surface area (Å²) in [6, 6.07) is 6.10. The number of aromatic nitrogens is 2. The van der Waals surface area contributed by atoms with Gasteiger partial charge in [0.15, 0.2) is 0 Å². The van der Waals surface area contributed by atoms with E-state index in [2.05, 4.69) is 27.9 Å². The summed E-state index contributed by atoms with van der Waals surface area (Å²) in [7, 11) is 0. The number of aromatic amines is 1. The Hall–Kier alpha value is -1.46. The fraction of sp³-hybridized carbons (Fsp3) is 0.588. The third kappa shape index (κ3) is 3.01. The van der Waals surface area contributed by atoms with E-state index >= 15 is 0 Å². The number of imidazole rings is 1. The molecule has 2 atom stereocenters. The smallest absolute Gasteiger partial charge is 0.140 e. The lowest BCUT2D eigenvalue weighted by molar-refractivity contribution is 0.00872. The molecule has 2 aromatic rings. The number of fused-ring (bicyclic) bond motifs is 1.